The van der Waals surface area contributed by atoms with Gasteiger partial charge in [-0.1, -0.05) is 52.0 Å². The second-order valence-electron chi connectivity index (χ2n) is 10.1. The van der Waals surface area contributed by atoms with Gasteiger partial charge in [0.25, 0.3) is 5.91 Å². The Balaban J connectivity index is 2.18. The number of Topliss-reactive ketones (excluding diaryl/α,β-unsaturated/α-hetero) is 1. The largest absolute Gasteiger partial charge is 0.505 e. The number of nitrogens with one attached hydrogen (secondary N) is 2. The number of carbonyl (C=O) groups excluding carboxylic acids is 2. The van der Waals surface area contributed by atoms with Crippen LogP contribution in [0.3, 0.4) is 0 Å². The summed E-state index contributed by atoms with van der Waals surface area (Å²) in [6.07, 6.45) is -4.73. The van der Waals surface area contributed by atoms with Crippen molar-refractivity contribution < 1.29 is 33.0 Å². The molecule has 3 aromatic carbocycles. The van der Waals surface area contributed by atoms with Gasteiger partial charge in [0, 0.05) is 18.2 Å². The van der Waals surface area contributed by atoms with Crippen molar-refractivity contribution in [3.05, 3.63) is 81.9 Å². The predicted molar refractivity (Wildman–Crippen MR) is 146 cm³/mol. The lowest BCUT2D eigenvalue weighted by Gasteiger charge is -2.26. The Hall–Kier alpha value is -4.01. The summed E-state index contributed by atoms with van der Waals surface area (Å²) in [6.45, 7) is 8.39. The lowest BCUT2D eigenvalue weighted by Crippen LogP contribution is -2.23. The summed E-state index contributed by atoms with van der Waals surface area (Å²) in [6, 6.07) is 10.8. The van der Waals surface area contributed by atoms with Crippen LogP contribution in [0.4, 0.5) is 24.5 Å². The molecule has 0 spiro atoms. The van der Waals surface area contributed by atoms with E-state index >= 15 is 0 Å². The zero-order valence-electron chi connectivity index (χ0n) is 22.7. The highest BCUT2D eigenvalue weighted by Crippen LogP contribution is 2.47. The quantitative estimate of drug-likeness (QED) is 0.174. The molecular formula is C30H33F3N2O4. The van der Waals surface area contributed by atoms with Crippen molar-refractivity contribution in [2.45, 2.75) is 58.5 Å². The van der Waals surface area contributed by atoms with E-state index in [1.807, 2.05) is 0 Å². The topological polar surface area (TPSA) is 98.7 Å². The van der Waals surface area contributed by atoms with Gasteiger partial charge >= 0.3 is 6.18 Å². The van der Waals surface area contributed by atoms with Crippen LogP contribution in [-0.2, 0) is 0 Å². The van der Waals surface area contributed by atoms with E-state index in [1.165, 1.54) is 56.4 Å². The van der Waals surface area contributed by atoms with E-state index < -0.39 is 18.0 Å². The molecule has 208 valence electrons. The highest BCUT2D eigenvalue weighted by Gasteiger charge is 2.43. The molecule has 0 aromatic heterocycles. The molecule has 0 fully saturated rings. The first-order valence-corrected chi connectivity index (χ1v) is 12.6. The zero-order valence-corrected chi connectivity index (χ0v) is 22.7. The minimum absolute atomic E-state index is 0.0918. The molecule has 0 aliphatic carbocycles. The van der Waals surface area contributed by atoms with Gasteiger partial charge in [0.1, 0.15) is 17.4 Å². The molecule has 0 aliphatic rings. The van der Waals surface area contributed by atoms with Crippen molar-refractivity contribution >= 4 is 23.1 Å². The van der Waals surface area contributed by atoms with Crippen LogP contribution in [0.5, 0.6) is 11.5 Å². The van der Waals surface area contributed by atoms with E-state index in [4.69, 9.17) is 0 Å². The second-order valence-corrected chi connectivity index (χ2v) is 10.1. The van der Waals surface area contributed by atoms with Gasteiger partial charge in [-0.15, -0.1) is 0 Å². The van der Waals surface area contributed by atoms with Gasteiger partial charge in [-0.2, -0.15) is 13.2 Å². The number of anilines is 2. The maximum absolute atomic E-state index is 14.7. The lowest BCUT2D eigenvalue weighted by atomic mass is 9.85. The van der Waals surface area contributed by atoms with Crippen LogP contribution in [0.15, 0.2) is 48.5 Å². The van der Waals surface area contributed by atoms with Crippen LogP contribution >= 0.6 is 0 Å². The minimum Gasteiger partial charge on any atom is -0.505 e. The molecule has 3 aromatic rings. The number of alkyl halides is 3. The third kappa shape index (κ3) is 6.35. The fourth-order valence-corrected chi connectivity index (χ4v) is 4.48. The van der Waals surface area contributed by atoms with Gasteiger partial charge in [0.15, 0.2) is 5.78 Å². The number of phenols is 2. The van der Waals surface area contributed by atoms with Crippen molar-refractivity contribution in [3.63, 3.8) is 0 Å². The summed E-state index contributed by atoms with van der Waals surface area (Å²) in [4.78, 5) is 24.5. The van der Waals surface area contributed by atoms with E-state index in [0.717, 1.165) is 6.07 Å². The molecule has 0 heterocycles. The molecule has 4 N–H and O–H groups in total. The average Bonchev–Trinajstić information content (AvgIpc) is 2.85. The summed E-state index contributed by atoms with van der Waals surface area (Å²) in [5, 5.41) is 26.7. The summed E-state index contributed by atoms with van der Waals surface area (Å²) < 4.78 is 44.1. The molecule has 0 saturated carbocycles. The Morgan fingerprint density at radius 3 is 1.62 bits per heavy atom. The highest BCUT2D eigenvalue weighted by atomic mass is 19.4. The van der Waals surface area contributed by atoms with Gasteiger partial charge in [-0.25, -0.2) is 0 Å². The second kappa shape index (κ2) is 11.4. The maximum Gasteiger partial charge on any atom is 0.399 e. The number of amides is 1. The van der Waals surface area contributed by atoms with E-state index in [-0.39, 0.29) is 62.7 Å². The molecular weight excluding hydrogens is 509 g/mol. The van der Waals surface area contributed by atoms with Gasteiger partial charge < -0.3 is 20.8 Å². The number of ketones is 1. The van der Waals surface area contributed by atoms with Crippen LogP contribution in [0.25, 0.3) is 0 Å². The Bertz CT molecular complexity index is 1380. The van der Waals surface area contributed by atoms with Gasteiger partial charge in [0.05, 0.1) is 11.4 Å². The van der Waals surface area contributed by atoms with E-state index in [1.54, 1.807) is 27.7 Å². The molecule has 1 atom stereocenters. The third-order valence-corrected chi connectivity index (χ3v) is 6.63. The fourth-order valence-electron chi connectivity index (χ4n) is 4.48. The summed E-state index contributed by atoms with van der Waals surface area (Å²) in [5.41, 5.74) is 0.902. The van der Waals surface area contributed by atoms with Crippen LogP contribution in [0.1, 0.15) is 95.3 Å². The smallest absolute Gasteiger partial charge is 0.399 e. The first-order chi connectivity index (χ1) is 18.1. The number of aromatic hydroxyl groups is 2. The van der Waals surface area contributed by atoms with E-state index in [9.17, 15) is 33.0 Å². The Labute approximate surface area is 225 Å². The van der Waals surface area contributed by atoms with Crippen molar-refractivity contribution in [1.29, 1.82) is 0 Å². The van der Waals surface area contributed by atoms with Crippen LogP contribution in [0, 0.1) is 0 Å². The Morgan fingerprint density at radius 1 is 0.769 bits per heavy atom. The normalized spacial score (nSPS) is 12.5. The first-order valence-electron chi connectivity index (χ1n) is 12.6. The van der Waals surface area contributed by atoms with Crippen LogP contribution in [-0.4, -0.2) is 35.1 Å². The Kier molecular flexibility index (Phi) is 8.63. The van der Waals surface area contributed by atoms with Gasteiger partial charge in [0.2, 0.25) is 0 Å². The number of halogens is 3. The average molecular weight is 543 g/mol. The summed E-state index contributed by atoms with van der Waals surface area (Å²) in [7, 11) is 1.51. The highest BCUT2D eigenvalue weighted by molar-refractivity contribution is 6.06. The number of hydrogen-bond donors (Lipinski definition) is 4. The predicted octanol–water partition coefficient (Wildman–Crippen LogP) is 7.54. The standard InChI is InChI=1S/C30H33F3N2O4/c1-15(2)22-11-20(13-24(34-6)27(22)37)26(30(31,32)33)21-12-23(16(3)4)28(38)25(14-21)35-29(39)19-9-7-18(8-10-19)17(5)36/h7-16,26,34,37-38H,1-6H3,(H,35,39). The molecule has 9 heteroatoms. The SMILES string of the molecule is CNc1cc(C(c2cc(NC(=O)c3ccc(C(C)=O)cc3)c(O)c(C(C)C)c2)C(F)(F)F)cc(C(C)C)c1O. The van der Waals surface area contributed by atoms with Crippen molar-refractivity contribution in [3.8, 4) is 11.5 Å². The maximum atomic E-state index is 14.7. The molecule has 1 amide bonds. The molecule has 6 nitrogen and oxygen atoms in total. The number of rotatable bonds is 8. The van der Waals surface area contributed by atoms with Gasteiger partial charge in [-0.3, -0.25) is 9.59 Å². The van der Waals surface area contributed by atoms with Gasteiger partial charge in [-0.05, 0) is 65.3 Å². The molecule has 0 aliphatic heterocycles. The number of phenolic OH excluding ortho intramolecular Hbond substituents is 2. The van der Waals surface area contributed by atoms with E-state index in [2.05, 4.69) is 10.6 Å². The molecule has 39 heavy (non-hydrogen) atoms. The lowest BCUT2D eigenvalue weighted by molar-refractivity contribution is -0.141. The van der Waals surface area contributed by atoms with Crippen LogP contribution in [0.2, 0.25) is 0 Å². The fraction of sp³-hybridized carbons (Fsp3) is 0.333. The molecule has 0 bridgehead atoms. The van der Waals surface area contributed by atoms with Crippen molar-refractivity contribution in [2.24, 2.45) is 0 Å². The zero-order chi connectivity index (χ0) is 29.2. The summed E-state index contributed by atoms with van der Waals surface area (Å²) >= 11 is 0. The number of carbonyl (C=O) groups is 2. The van der Waals surface area contributed by atoms with Crippen LogP contribution < -0.4 is 10.6 Å². The summed E-state index contributed by atoms with van der Waals surface area (Å²) in [5.74, 6) is -3.98. The van der Waals surface area contributed by atoms with Crippen molar-refractivity contribution in [2.75, 3.05) is 17.7 Å². The van der Waals surface area contributed by atoms with Crippen molar-refractivity contribution in [1.82, 2.24) is 0 Å². The third-order valence-electron chi connectivity index (χ3n) is 6.63. The van der Waals surface area contributed by atoms with E-state index in [0.29, 0.717) is 11.1 Å². The molecule has 0 radical (unpaired) electrons. The number of benzene rings is 3. The monoisotopic (exact) mass is 542 g/mol. The molecule has 0 saturated heterocycles. The molecule has 3 rings (SSSR count). The number of hydrogen-bond acceptors (Lipinski definition) is 5. The minimum atomic E-state index is -4.73. The Morgan fingerprint density at radius 2 is 1.21 bits per heavy atom. The molecule has 1 unspecified atom stereocenters. The first kappa shape index (κ1) is 29.5.